The molecule has 4 rings (SSSR count). The number of carbonyl (C=O) groups excluding carboxylic acids is 1. The highest BCUT2D eigenvalue weighted by atomic mass is 19.4. The van der Waals surface area contributed by atoms with E-state index in [0.717, 1.165) is 42.4 Å². The van der Waals surface area contributed by atoms with E-state index in [2.05, 4.69) is 20.6 Å². The molecule has 8 nitrogen and oxygen atoms in total. The van der Waals surface area contributed by atoms with Crippen LogP contribution < -0.4 is 15.5 Å². The van der Waals surface area contributed by atoms with Crippen molar-refractivity contribution < 1.29 is 45.4 Å². The Morgan fingerprint density at radius 1 is 0.976 bits per heavy atom. The number of amides is 1. The predicted molar refractivity (Wildman–Crippen MR) is 136 cm³/mol. The Kier molecular flexibility index (Phi) is 9.94. The Bertz CT molecular complexity index is 1410. The number of fused-ring (bicyclic) bond motifs is 1. The van der Waals surface area contributed by atoms with Gasteiger partial charge >= 0.3 is 12.1 Å². The molecule has 1 fully saturated rings. The molecule has 3 aromatic rings. The minimum Gasteiger partial charge on any atom is -0.475 e. The lowest BCUT2D eigenvalue weighted by atomic mass is 9.86. The van der Waals surface area contributed by atoms with Crippen LogP contribution in [0.2, 0.25) is 0 Å². The fourth-order valence-electron chi connectivity index (χ4n) is 4.23. The van der Waals surface area contributed by atoms with Crippen molar-refractivity contribution in [2.24, 2.45) is 5.92 Å². The first-order chi connectivity index (χ1) is 19.2. The van der Waals surface area contributed by atoms with Crippen LogP contribution in [0, 0.1) is 29.2 Å². The van der Waals surface area contributed by atoms with Gasteiger partial charge in [0.15, 0.2) is 23.3 Å². The second-order valence-corrected chi connectivity index (χ2v) is 9.51. The second kappa shape index (κ2) is 13.0. The molecule has 1 aliphatic carbocycles. The Hall–Kier alpha value is -4.17. The van der Waals surface area contributed by atoms with E-state index in [1.807, 2.05) is 43.3 Å². The van der Waals surface area contributed by atoms with Crippen LogP contribution in [0.15, 0.2) is 30.3 Å². The van der Waals surface area contributed by atoms with Crippen molar-refractivity contribution in [1.29, 1.82) is 0 Å². The van der Waals surface area contributed by atoms with Crippen molar-refractivity contribution in [3.05, 3.63) is 59.2 Å². The normalized spacial score (nSPS) is 16.9. The summed E-state index contributed by atoms with van der Waals surface area (Å²) in [6.07, 6.45) is -1.91. The number of carbonyl (C=O) groups is 2. The molecule has 1 saturated carbocycles. The predicted octanol–water partition coefficient (Wildman–Crippen LogP) is 5.29. The number of aromatic nitrogens is 2. The number of alkyl halides is 3. The molecule has 0 aliphatic heterocycles. The van der Waals surface area contributed by atoms with Crippen molar-refractivity contribution >= 4 is 34.5 Å². The minimum atomic E-state index is -5.08. The quantitative estimate of drug-likeness (QED) is 0.204. The number of halogens is 7. The third-order valence-corrected chi connectivity index (χ3v) is 6.33. The topological polar surface area (TPSA) is 107 Å². The fourth-order valence-corrected chi connectivity index (χ4v) is 4.23. The van der Waals surface area contributed by atoms with Crippen molar-refractivity contribution in [1.82, 2.24) is 15.3 Å². The summed E-state index contributed by atoms with van der Waals surface area (Å²) in [7, 11) is 3.86. The largest absolute Gasteiger partial charge is 0.490 e. The lowest BCUT2D eigenvalue weighted by Gasteiger charge is -2.29. The van der Waals surface area contributed by atoms with Crippen molar-refractivity contribution in [2.75, 3.05) is 30.9 Å². The third kappa shape index (κ3) is 7.95. The number of carboxylic acid groups (broad SMARTS) is 1. The average molecular weight is 590 g/mol. The summed E-state index contributed by atoms with van der Waals surface area (Å²) in [6.45, 7) is 0.225. The zero-order valence-electron chi connectivity index (χ0n) is 21.8. The molecule has 0 unspecified atom stereocenters. The molecule has 2 aromatic carbocycles. The lowest BCUT2D eigenvalue weighted by Crippen LogP contribution is -2.34. The summed E-state index contributed by atoms with van der Waals surface area (Å²) in [4.78, 5) is 32.3. The van der Waals surface area contributed by atoms with Crippen LogP contribution in [0.3, 0.4) is 0 Å². The molecule has 15 heteroatoms. The number of nitrogens with one attached hydrogen (secondary N) is 2. The molecule has 0 radical (unpaired) electrons. The van der Waals surface area contributed by atoms with Gasteiger partial charge in [0, 0.05) is 32.1 Å². The maximum absolute atomic E-state index is 13.8. The first kappa shape index (κ1) is 31.4. The number of anilines is 2. The summed E-state index contributed by atoms with van der Waals surface area (Å²) in [5, 5.41) is 14.0. The van der Waals surface area contributed by atoms with Crippen LogP contribution in [0.25, 0.3) is 10.9 Å². The number of hydrogen-bond donors (Lipinski definition) is 3. The first-order valence-corrected chi connectivity index (χ1v) is 12.3. The minimum absolute atomic E-state index is 0.120. The van der Waals surface area contributed by atoms with Gasteiger partial charge in [-0.15, -0.1) is 0 Å². The van der Waals surface area contributed by atoms with Gasteiger partial charge in [0.1, 0.15) is 5.82 Å². The Morgan fingerprint density at radius 3 is 2.17 bits per heavy atom. The number of benzene rings is 2. The SMILES string of the molecule is CN(C)c1nc(NC2CCC(CNC(=O)c3cc(F)c(F)c(F)c3F)CC2)nc2ccccc12.O=C(O)C(F)(F)F. The van der Waals surface area contributed by atoms with E-state index in [0.29, 0.717) is 12.0 Å². The van der Waals surface area contributed by atoms with E-state index in [1.54, 1.807) is 0 Å². The van der Waals surface area contributed by atoms with Crippen LogP contribution >= 0.6 is 0 Å². The Labute approximate surface area is 229 Å². The molecular formula is C26H26F7N5O3. The van der Waals surface area contributed by atoms with E-state index >= 15 is 0 Å². The van der Waals surface area contributed by atoms with Gasteiger partial charge in [0.25, 0.3) is 5.91 Å². The fraction of sp³-hybridized carbons (Fsp3) is 0.385. The lowest BCUT2D eigenvalue weighted by molar-refractivity contribution is -0.192. The molecule has 41 heavy (non-hydrogen) atoms. The van der Waals surface area contributed by atoms with Gasteiger partial charge in [-0.05, 0) is 49.8 Å². The summed E-state index contributed by atoms with van der Waals surface area (Å²) in [5.74, 6) is -9.47. The highest BCUT2D eigenvalue weighted by Crippen LogP contribution is 2.28. The molecular weight excluding hydrogens is 563 g/mol. The van der Waals surface area contributed by atoms with Crippen molar-refractivity contribution in [2.45, 2.75) is 37.9 Å². The van der Waals surface area contributed by atoms with Gasteiger partial charge in [-0.1, -0.05) is 12.1 Å². The maximum atomic E-state index is 13.8. The standard InChI is InChI=1S/C24H25F4N5O.C2HF3O2/c1-33(2)22-15-5-3-4-6-18(15)31-24(32-22)30-14-9-7-13(8-10-14)12-29-23(34)16-11-17(25)20(27)21(28)19(16)26;3-2(4,5)1(6)7/h3-6,11,13-14H,7-10,12H2,1-2H3,(H,29,34)(H,30,31,32);(H,6,7). The summed E-state index contributed by atoms with van der Waals surface area (Å²) < 4.78 is 85.4. The van der Waals surface area contributed by atoms with E-state index in [4.69, 9.17) is 9.90 Å². The van der Waals surface area contributed by atoms with E-state index < -0.39 is 46.9 Å². The molecule has 0 spiro atoms. The summed E-state index contributed by atoms with van der Waals surface area (Å²) in [6, 6.07) is 8.32. The number of nitrogens with zero attached hydrogens (tertiary/aromatic N) is 3. The number of carboxylic acids is 1. The molecule has 1 heterocycles. The number of para-hydroxylation sites is 1. The Morgan fingerprint density at radius 2 is 1.59 bits per heavy atom. The third-order valence-electron chi connectivity index (χ3n) is 6.33. The molecule has 1 aromatic heterocycles. The maximum Gasteiger partial charge on any atom is 0.490 e. The highest BCUT2D eigenvalue weighted by molar-refractivity contribution is 5.94. The van der Waals surface area contributed by atoms with Crippen LogP contribution in [0.4, 0.5) is 42.5 Å². The van der Waals surface area contributed by atoms with E-state index in [1.165, 1.54) is 0 Å². The monoisotopic (exact) mass is 589 g/mol. The number of aliphatic carboxylic acids is 1. The average Bonchev–Trinajstić information content (AvgIpc) is 2.92. The molecule has 222 valence electrons. The molecule has 1 aliphatic rings. The van der Waals surface area contributed by atoms with E-state index in [-0.39, 0.29) is 18.5 Å². The van der Waals surface area contributed by atoms with Gasteiger partial charge in [0.05, 0.1) is 11.1 Å². The second-order valence-electron chi connectivity index (χ2n) is 9.51. The van der Waals surface area contributed by atoms with E-state index in [9.17, 15) is 35.5 Å². The molecule has 0 bridgehead atoms. The van der Waals surface area contributed by atoms with Crippen LogP contribution in [0.1, 0.15) is 36.0 Å². The van der Waals surface area contributed by atoms with Crippen LogP contribution in [-0.2, 0) is 4.79 Å². The summed E-state index contributed by atoms with van der Waals surface area (Å²) in [5.41, 5.74) is -0.00195. The number of hydrogen-bond acceptors (Lipinski definition) is 6. The smallest absolute Gasteiger partial charge is 0.475 e. The van der Waals surface area contributed by atoms with Crippen molar-refractivity contribution in [3.63, 3.8) is 0 Å². The van der Waals surface area contributed by atoms with Gasteiger partial charge in [0.2, 0.25) is 5.95 Å². The van der Waals surface area contributed by atoms with Gasteiger partial charge < -0.3 is 20.6 Å². The van der Waals surface area contributed by atoms with Gasteiger partial charge in [-0.2, -0.15) is 18.2 Å². The summed E-state index contributed by atoms with van der Waals surface area (Å²) >= 11 is 0. The number of rotatable bonds is 6. The van der Waals surface area contributed by atoms with Crippen LogP contribution in [-0.4, -0.2) is 59.8 Å². The first-order valence-electron chi connectivity index (χ1n) is 12.3. The zero-order valence-corrected chi connectivity index (χ0v) is 21.8. The highest BCUT2D eigenvalue weighted by Gasteiger charge is 2.38. The van der Waals surface area contributed by atoms with Gasteiger partial charge in [-0.25, -0.2) is 27.3 Å². The molecule has 0 atom stereocenters. The van der Waals surface area contributed by atoms with Crippen molar-refractivity contribution in [3.8, 4) is 0 Å². The zero-order chi connectivity index (χ0) is 30.5. The van der Waals surface area contributed by atoms with Crippen LogP contribution in [0.5, 0.6) is 0 Å². The molecule has 0 saturated heterocycles. The Balaban J connectivity index is 0.000000587. The van der Waals surface area contributed by atoms with Gasteiger partial charge in [-0.3, -0.25) is 4.79 Å². The molecule has 3 N–H and O–H groups in total. The molecule has 1 amide bonds.